The summed E-state index contributed by atoms with van der Waals surface area (Å²) >= 11 is 5.84. The highest BCUT2D eigenvalue weighted by Crippen LogP contribution is 2.24. The molecular weight excluding hydrogens is 330 g/mol. The van der Waals surface area contributed by atoms with Gasteiger partial charge in [-0.15, -0.1) is 0 Å². The number of carboxylic acid groups (broad SMARTS) is 1. The first-order chi connectivity index (χ1) is 11.6. The van der Waals surface area contributed by atoms with Crippen molar-refractivity contribution in [3.63, 3.8) is 0 Å². The number of hydrogen-bond acceptors (Lipinski definition) is 4. The number of ether oxygens (including phenoxy) is 1. The highest BCUT2D eigenvalue weighted by molar-refractivity contribution is 6.30. The van der Waals surface area contributed by atoms with Gasteiger partial charge in [-0.05, 0) is 42.0 Å². The van der Waals surface area contributed by atoms with Crippen LogP contribution in [0.5, 0.6) is 5.75 Å². The van der Waals surface area contributed by atoms with Gasteiger partial charge in [0.05, 0.1) is 5.52 Å². The summed E-state index contributed by atoms with van der Waals surface area (Å²) in [5, 5.41) is 10.2. The van der Waals surface area contributed by atoms with E-state index in [1.807, 2.05) is 12.1 Å². The zero-order valence-corrected chi connectivity index (χ0v) is 13.2. The van der Waals surface area contributed by atoms with Crippen molar-refractivity contribution in [3.05, 3.63) is 70.4 Å². The van der Waals surface area contributed by atoms with Crippen LogP contribution in [0.2, 0.25) is 5.02 Å². The molecule has 0 radical (unpaired) electrons. The smallest absolute Gasteiger partial charge is 0.354 e. The van der Waals surface area contributed by atoms with Crippen molar-refractivity contribution in [2.75, 3.05) is 0 Å². The van der Waals surface area contributed by atoms with Gasteiger partial charge >= 0.3 is 5.97 Å². The second-order valence-corrected chi connectivity index (χ2v) is 5.55. The molecule has 0 saturated heterocycles. The normalized spacial score (nSPS) is 10.5. The third kappa shape index (κ3) is 3.36. The number of aldehydes is 1. The molecule has 3 aromatic rings. The van der Waals surface area contributed by atoms with Gasteiger partial charge < -0.3 is 9.84 Å². The lowest BCUT2D eigenvalue weighted by Gasteiger charge is -2.09. The maximum atomic E-state index is 11.2. The Morgan fingerprint density at radius 3 is 2.58 bits per heavy atom. The van der Waals surface area contributed by atoms with Crippen molar-refractivity contribution >= 4 is 34.8 Å². The number of rotatable bonds is 5. The molecule has 0 bridgehead atoms. The zero-order chi connectivity index (χ0) is 17.1. The van der Waals surface area contributed by atoms with Crippen LogP contribution in [-0.2, 0) is 6.61 Å². The Morgan fingerprint density at radius 2 is 1.92 bits per heavy atom. The van der Waals surface area contributed by atoms with Gasteiger partial charge in [0.25, 0.3) is 0 Å². The largest absolute Gasteiger partial charge is 0.489 e. The van der Waals surface area contributed by atoms with E-state index in [9.17, 15) is 9.59 Å². The van der Waals surface area contributed by atoms with Gasteiger partial charge in [-0.1, -0.05) is 23.7 Å². The van der Waals surface area contributed by atoms with E-state index in [2.05, 4.69) is 4.98 Å². The fraction of sp³-hybridized carbons (Fsp3) is 0.0556. The number of benzene rings is 2. The van der Waals surface area contributed by atoms with Crippen LogP contribution >= 0.6 is 11.6 Å². The van der Waals surface area contributed by atoms with Crippen LogP contribution in [-0.4, -0.2) is 22.3 Å². The number of carbonyl (C=O) groups excluding carboxylic acids is 1. The summed E-state index contributed by atoms with van der Waals surface area (Å²) < 4.78 is 5.71. The van der Waals surface area contributed by atoms with Crippen molar-refractivity contribution in [1.82, 2.24) is 4.98 Å². The number of aromatic nitrogens is 1. The van der Waals surface area contributed by atoms with Gasteiger partial charge in [-0.3, -0.25) is 4.79 Å². The van der Waals surface area contributed by atoms with E-state index in [1.165, 1.54) is 6.07 Å². The Kier molecular flexibility index (Phi) is 4.44. The van der Waals surface area contributed by atoms with E-state index in [-0.39, 0.29) is 11.3 Å². The van der Waals surface area contributed by atoms with Crippen molar-refractivity contribution in [1.29, 1.82) is 0 Å². The van der Waals surface area contributed by atoms with E-state index in [0.29, 0.717) is 34.6 Å². The molecule has 120 valence electrons. The summed E-state index contributed by atoms with van der Waals surface area (Å²) in [5.74, 6) is -0.617. The lowest BCUT2D eigenvalue weighted by atomic mass is 10.1. The summed E-state index contributed by atoms with van der Waals surface area (Å²) in [6.45, 7) is 0.347. The number of halogens is 1. The number of carbonyl (C=O) groups is 2. The minimum Gasteiger partial charge on any atom is -0.489 e. The fourth-order valence-corrected chi connectivity index (χ4v) is 2.40. The number of pyridine rings is 1. The Balaban J connectivity index is 1.90. The summed E-state index contributed by atoms with van der Waals surface area (Å²) in [6.07, 6.45) is 0.611. The molecule has 0 aliphatic heterocycles. The molecule has 0 aliphatic rings. The second-order valence-electron chi connectivity index (χ2n) is 5.11. The minimum absolute atomic E-state index is 0.167. The quantitative estimate of drug-likeness (QED) is 0.710. The molecule has 24 heavy (non-hydrogen) atoms. The van der Waals surface area contributed by atoms with Crippen LogP contribution in [0.15, 0.2) is 48.5 Å². The fourth-order valence-electron chi connectivity index (χ4n) is 2.28. The third-order valence-corrected chi connectivity index (χ3v) is 3.73. The Bertz CT molecular complexity index is 922. The number of hydrogen-bond donors (Lipinski definition) is 1. The Labute approximate surface area is 142 Å². The van der Waals surface area contributed by atoms with Crippen molar-refractivity contribution in [3.8, 4) is 5.75 Å². The van der Waals surface area contributed by atoms with Gasteiger partial charge in [-0.25, -0.2) is 9.78 Å². The van der Waals surface area contributed by atoms with Crippen LogP contribution in [0.3, 0.4) is 0 Å². The number of fused-ring (bicyclic) bond motifs is 1. The predicted octanol–water partition coefficient (Wildman–Crippen LogP) is 3.98. The summed E-state index contributed by atoms with van der Waals surface area (Å²) in [6, 6.07) is 13.5. The molecule has 1 heterocycles. The highest BCUT2D eigenvalue weighted by atomic mass is 35.5. The minimum atomic E-state index is -1.18. The van der Waals surface area contributed by atoms with E-state index >= 15 is 0 Å². The van der Waals surface area contributed by atoms with E-state index < -0.39 is 5.97 Å². The molecule has 2 aromatic carbocycles. The van der Waals surface area contributed by atoms with Crippen LogP contribution in [0.1, 0.15) is 26.4 Å². The molecule has 6 heteroatoms. The Hall–Kier alpha value is -2.92. The zero-order valence-electron chi connectivity index (χ0n) is 12.4. The average molecular weight is 342 g/mol. The van der Waals surface area contributed by atoms with Crippen LogP contribution < -0.4 is 4.74 Å². The standard InChI is InChI=1S/C18H12ClNO4/c19-13-3-1-11(2-4-13)10-24-14-5-6-16-15(8-14)12(9-21)7-17(20-16)18(22)23/h1-9H,10H2,(H,22,23). The van der Waals surface area contributed by atoms with Gasteiger partial charge in [0.15, 0.2) is 6.29 Å². The summed E-state index contributed by atoms with van der Waals surface area (Å²) in [7, 11) is 0. The molecule has 0 unspecified atom stereocenters. The average Bonchev–Trinajstić information content (AvgIpc) is 2.60. The molecule has 0 aliphatic carbocycles. The van der Waals surface area contributed by atoms with Crippen molar-refractivity contribution in [2.45, 2.75) is 6.61 Å². The van der Waals surface area contributed by atoms with Crippen LogP contribution in [0, 0.1) is 0 Å². The monoisotopic (exact) mass is 341 g/mol. The van der Waals surface area contributed by atoms with Gasteiger partial charge in [0.2, 0.25) is 0 Å². The molecule has 5 nitrogen and oxygen atoms in total. The predicted molar refractivity (Wildman–Crippen MR) is 89.9 cm³/mol. The molecule has 1 N–H and O–H groups in total. The molecule has 0 saturated carbocycles. The molecule has 0 amide bonds. The van der Waals surface area contributed by atoms with E-state index in [1.54, 1.807) is 30.3 Å². The molecule has 0 spiro atoms. The second kappa shape index (κ2) is 6.68. The van der Waals surface area contributed by atoms with Gasteiger partial charge in [0, 0.05) is 16.0 Å². The molecule has 1 aromatic heterocycles. The summed E-state index contributed by atoms with van der Waals surface area (Å²) in [4.78, 5) is 26.3. The van der Waals surface area contributed by atoms with E-state index in [0.717, 1.165) is 5.56 Å². The SMILES string of the molecule is O=Cc1cc(C(=O)O)nc2ccc(OCc3ccc(Cl)cc3)cc12. The first kappa shape index (κ1) is 16.0. The number of carboxylic acids is 1. The molecular formula is C18H12ClNO4. The lowest BCUT2D eigenvalue weighted by molar-refractivity contribution is 0.0691. The molecule has 0 fully saturated rings. The van der Waals surface area contributed by atoms with E-state index in [4.69, 9.17) is 21.4 Å². The van der Waals surface area contributed by atoms with Gasteiger partial charge in [0.1, 0.15) is 18.1 Å². The first-order valence-electron chi connectivity index (χ1n) is 7.07. The van der Waals surface area contributed by atoms with Crippen LogP contribution in [0.4, 0.5) is 0 Å². The maximum Gasteiger partial charge on any atom is 0.354 e. The summed E-state index contributed by atoms with van der Waals surface area (Å²) in [5.41, 5.74) is 1.47. The number of aromatic carboxylic acids is 1. The topological polar surface area (TPSA) is 76.5 Å². The van der Waals surface area contributed by atoms with Crippen molar-refractivity contribution < 1.29 is 19.4 Å². The lowest BCUT2D eigenvalue weighted by Crippen LogP contribution is -2.03. The third-order valence-electron chi connectivity index (χ3n) is 3.48. The first-order valence-corrected chi connectivity index (χ1v) is 7.45. The Morgan fingerprint density at radius 1 is 1.17 bits per heavy atom. The van der Waals surface area contributed by atoms with Crippen molar-refractivity contribution in [2.24, 2.45) is 0 Å². The highest BCUT2D eigenvalue weighted by Gasteiger charge is 2.11. The van der Waals surface area contributed by atoms with Crippen LogP contribution in [0.25, 0.3) is 10.9 Å². The molecule has 0 atom stereocenters. The maximum absolute atomic E-state index is 11.2. The van der Waals surface area contributed by atoms with Gasteiger partial charge in [-0.2, -0.15) is 0 Å². The number of nitrogens with zero attached hydrogens (tertiary/aromatic N) is 1. The molecule has 3 rings (SSSR count).